The van der Waals surface area contributed by atoms with Gasteiger partial charge in [-0.25, -0.2) is 0 Å². The van der Waals surface area contributed by atoms with Crippen LogP contribution >= 0.6 is 0 Å². The molecule has 1 amide bonds. The van der Waals surface area contributed by atoms with Crippen LogP contribution in [0.5, 0.6) is 5.75 Å². The standard InChI is InChI=1S/C30H27NO5/c1-18(2)17-35-23-13-11-20(12-14-23)27-26(28(32)25-16-21-8-4-5-10-24(21)36-25)29(33)30(34)31(27)22-9-6-7-19(3)15-22/h4-16,18,27,33H,17H2,1-3H3. The molecular formula is C30H27NO5. The van der Waals surface area contributed by atoms with E-state index < -0.39 is 23.5 Å². The number of carbonyl (C=O) groups excluding carboxylic acids is 2. The number of aliphatic hydroxyl groups excluding tert-OH is 1. The molecular weight excluding hydrogens is 454 g/mol. The van der Waals surface area contributed by atoms with E-state index >= 15 is 0 Å². The Morgan fingerprint density at radius 2 is 1.78 bits per heavy atom. The third kappa shape index (κ3) is 4.26. The van der Waals surface area contributed by atoms with E-state index in [9.17, 15) is 14.7 Å². The summed E-state index contributed by atoms with van der Waals surface area (Å²) in [6.45, 7) is 6.64. The van der Waals surface area contributed by atoms with E-state index in [1.165, 1.54) is 4.90 Å². The number of fused-ring (bicyclic) bond motifs is 1. The number of rotatable bonds is 7. The summed E-state index contributed by atoms with van der Waals surface area (Å²) in [5.41, 5.74) is 2.75. The predicted octanol–water partition coefficient (Wildman–Crippen LogP) is 6.56. The number of ketones is 1. The highest BCUT2D eigenvalue weighted by atomic mass is 16.5. The Labute approximate surface area is 209 Å². The number of anilines is 1. The van der Waals surface area contributed by atoms with Gasteiger partial charge >= 0.3 is 0 Å². The molecule has 4 aromatic rings. The predicted molar refractivity (Wildman–Crippen MR) is 138 cm³/mol. The summed E-state index contributed by atoms with van der Waals surface area (Å²) in [6, 6.07) is 22.8. The lowest BCUT2D eigenvalue weighted by Gasteiger charge is -2.27. The van der Waals surface area contributed by atoms with Crippen LogP contribution < -0.4 is 9.64 Å². The zero-order chi connectivity index (χ0) is 25.4. The van der Waals surface area contributed by atoms with Gasteiger partial charge in [-0.2, -0.15) is 0 Å². The Morgan fingerprint density at radius 1 is 1.03 bits per heavy atom. The molecule has 1 aliphatic heterocycles. The molecule has 1 aromatic heterocycles. The molecule has 6 heteroatoms. The van der Waals surface area contributed by atoms with Gasteiger partial charge < -0.3 is 14.3 Å². The summed E-state index contributed by atoms with van der Waals surface area (Å²) in [4.78, 5) is 28.6. The van der Waals surface area contributed by atoms with E-state index in [-0.39, 0.29) is 11.3 Å². The van der Waals surface area contributed by atoms with Gasteiger partial charge in [0.15, 0.2) is 11.5 Å². The number of nitrogens with zero attached hydrogens (tertiary/aromatic N) is 1. The van der Waals surface area contributed by atoms with Crippen LogP contribution in [0.2, 0.25) is 0 Å². The fourth-order valence-corrected chi connectivity index (χ4v) is 4.43. The van der Waals surface area contributed by atoms with Gasteiger partial charge in [0, 0.05) is 11.1 Å². The van der Waals surface area contributed by atoms with Crippen LogP contribution in [0.1, 0.15) is 41.6 Å². The van der Waals surface area contributed by atoms with Crippen LogP contribution in [0.4, 0.5) is 5.69 Å². The van der Waals surface area contributed by atoms with E-state index in [4.69, 9.17) is 9.15 Å². The Kier molecular flexibility index (Phi) is 6.10. The van der Waals surface area contributed by atoms with Crippen molar-refractivity contribution in [1.29, 1.82) is 0 Å². The molecule has 1 aliphatic rings. The number of carbonyl (C=O) groups is 2. The van der Waals surface area contributed by atoms with E-state index in [2.05, 4.69) is 13.8 Å². The first-order valence-corrected chi connectivity index (χ1v) is 11.9. The number of ether oxygens (including phenoxy) is 1. The molecule has 1 unspecified atom stereocenters. The van der Waals surface area contributed by atoms with Crippen LogP contribution in [0, 0.1) is 12.8 Å². The lowest BCUT2D eigenvalue weighted by molar-refractivity contribution is -0.117. The maximum atomic E-state index is 13.7. The van der Waals surface area contributed by atoms with Crippen molar-refractivity contribution in [1.82, 2.24) is 0 Å². The molecule has 0 aliphatic carbocycles. The number of Topliss-reactive ketones (excluding diaryl/α,β-unsaturated/α-hetero) is 1. The molecule has 3 aromatic carbocycles. The zero-order valence-electron chi connectivity index (χ0n) is 20.4. The number of aliphatic hydroxyl groups is 1. The molecule has 6 nitrogen and oxygen atoms in total. The highest BCUT2D eigenvalue weighted by molar-refractivity contribution is 6.20. The smallest absolute Gasteiger partial charge is 0.294 e. The van der Waals surface area contributed by atoms with E-state index in [0.717, 1.165) is 10.9 Å². The van der Waals surface area contributed by atoms with Crippen molar-refractivity contribution in [2.75, 3.05) is 11.5 Å². The van der Waals surface area contributed by atoms with Crippen molar-refractivity contribution >= 4 is 28.3 Å². The summed E-state index contributed by atoms with van der Waals surface area (Å²) in [6.07, 6.45) is 0. The van der Waals surface area contributed by atoms with Gasteiger partial charge in [0.2, 0.25) is 5.78 Å². The summed E-state index contributed by atoms with van der Waals surface area (Å²) >= 11 is 0. The fourth-order valence-electron chi connectivity index (χ4n) is 4.43. The lowest BCUT2D eigenvalue weighted by Crippen LogP contribution is -2.31. The van der Waals surface area contributed by atoms with Crippen molar-refractivity contribution in [3.05, 3.63) is 107 Å². The average Bonchev–Trinajstić information content (AvgIpc) is 3.42. The Morgan fingerprint density at radius 3 is 2.47 bits per heavy atom. The summed E-state index contributed by atoms with van der Waals surface area (Å²) < 4.78 is 11.6. The molecule has 36 heavy (non-hydrogen) atoms. The third-order valence-electron chi connectivity index (χ3n) is 6.16. The molecule has 2 heterocycles. The first-order chi connectivity index (χ1) is 17.3. The number of hydrogen-bond acceptors (Lipinski definition) is 5. The topological polar surface area (TPSA) is 80.0 Å². The lowest BCUT2D eigenvalue weighted by atomic mass is 9.94. The van der Waals surface area contributed by atoms with E-state index in [0.29, 0.717) is 35.1 Å². The van der Waals surface area contributed by atoms with E-state index in [1.807, 2.05) is 67.6 Å². The third-order valence-corrected chi connectivity index (χ3v) is 6.16. The van der Waals surface area contributed by atoms with Crippen molar-refractivity contribution in [2.24, 2.45) is 5.92 Å². The largest absolute Gasteiger partial charge is 0.503 e. The number of aryl methyl sites for hydroxylation is 1. The number of benzene rings is 3. The summed E-state index contributed by atoms with van der Waals surface area (Å²) in [5.74, 6) is -0.604. The van der Waals surface area contributed by atoms with Crippen molar-refractivity contribution in [2.45, 2.75) is 26.8 Å². The van der Waals surface area contributed by atoms with Gasteiger partial charge in [-0.3, -0.25) is 14.5 Å². The van der Waals surface area contributed by atoms with Gasteiger partial charge in [0.05, 0.1) is 18.2 Å². The molecule has 1 atom stereocenters. The Bertz CT molecular complexity index is 1450. The van der Waals surface area contributed by atoms with Crippen molar-refractivity contribution in [3.8, 4) is 5.75 Å². The second-order valence-electron chi connectivity index (χ2n) is 9.43. The quantitative estimate of drug-likeness (QED) is 0.303. The minimum atomic E-state index is -0.834. The second-order valence-corrected chi connectivity index (χ2v) is 9.43. The highest BCUT2D eigenvalue weighted by Crippen LogP contribution is 2.42. The molecule has 5 rings (SSSR count). The van der Waals surface area contributed by atoms with Gasteiger partial charge in [-0.1, -0.05) is 56.3 Å². The molecule has 0 radical (unpaired) electrons. The molecule has 1 N–H and O–H groups in total. The van der Waals surface area contributed by atoms with Gasteiger partial charge in [0.25, 0.3) is 5.91 Å². The minimum Gasteiger partial charge on any atom is -0.503 e. The molecule has 182 valence electrons. The fraction of sp³-hybridized carbons (Fsp3) is 0.200. The number of furan rings is 1. The highest BCUT2D eigenvalue weighted by Gasteiger charge is 2.45. The van der Waals surface area contributed by atoms with Crippen molar-refractivity contribution in [3.63, 3.8) is 0 Å². The van der Waals surface area contributed by atoms with Crippen LogP contribution in [-0.4, -0.2) is 23.4 Å². The van der Waals surface area contributed by atoms with Crippen molar-refractivity contribution < 1.29 is 23.8 Å². The van der Waals surface area contributed by atoms with E-state index in [1.54, 1.807) is 18.2 Å². The number of hydrogen-bond donors (Lipinski definition) is 1. The van der Waals surface area contributed by atoms with Crippen LogP contribution in [0.25, 0.3) is 11.0 Å². The van der Waals surface area contributed by atoms with Gasteiger partial charge in [-0.05, 0) is 60.4 Å². The second kappa shape index (κ2) is 9.38. The summed E-state index contributed by atoms with van der Waals surface area (Å²) in [7, 11) is 0. The molecule has 0 saturated carbocycles. The molecule has 0 bridgehead atoms. The maximum absolute atomic E-state index is 13.7. The number of para-hydroxylation sites is 1. The molecule has 0 fully saturated rings. The SMILES string of the molecule is Cc1cccc(N2C(=O)C(O)=C(C(=O)c3cc4ccccc4o3)C2c2ccc(OCC(C)C)cc2)c1. The first-order valence-electron chi connectivity index (χ1n) is 11.9. The molecule has 0 saturated heterocycles. The Balaban J connectivity index is 1.59. The van der Waals surface area contributed by atoms with Crippen LogP contribution in [-0.2, 0) is 4.79 Å². The monoisotopic (exact) mass is 481 g/mol. The molecule has 0 spiro atoms. The maximum Gasteiger partial charge on any atom is 0.294 e. The van der Waals surface area contributed by atoms with Crippen LogP contribution in [0.15, 0.2) is 94.6 Å². The summed E-state index contributed by atoms with van der Waals surface area (Å²) in [5, 5.41) is 11.8. The minimum absolute atomic E-state index is 0.0172. The van der Waals surface area contributed by atoms with Gasteiger partial charge in [0.1, 0.15) is 11.3 Å². The number of amides is 1. The van der Waals surface area contributed by atoms with Crippen LogP contribution in [0.3, 0.4) is 0 Å². The van der Waals surface area contributed by atoms with Gasteiger partial charge in [-0.15, -0.1) is 0 Å². The first kappa shape index (κ1) is 23.4. The normalized spacial score (nSPS) is 15.8. The average molecular weight is 482 g/mol. The Hall–Kier alpha value is -4.32. The zero-order valence-corrected chi connectivity index (χ0v) is 20.4.